The van der Waals surface area contributed by atoms with Crippen molar-refractivity contribution >= 4 is 28.6 Å². The molecule has 3 heterocycles. The monoisotopic (exact) mass is 276 g/mol. The Hall–Kier alpha value is -2.16. The van der Waals surface area contributed by atoms with Crippen molar-refractivity contribution in [3.63, 3.8) is 0 Å². The molecule has 0 aromatic carbocycles. The van der Waals surface area contributed by atoms with Crippen LogP contribution in [-0.2, 0) is 12.8 Å². The van der Waals surface area contributed by atoms with Gasteiger partial charge in [0.1, 0.15) is 18.0 Å². The van der Waals surface area contributed by atoms with Crippen LogP contribution in [0.5, 0.6) is 0 Å². The predicted octanol–water partition coefficient (Wildman–Crippen LogP) is 0.815. The van der Waals surface area contributed by atoms with E-state index in [4.69, 9.17) is 0 Å². The van der Waals surface area contributed by atoms with Gasteiger partial charge in [0.05, 0.1) is 17.3 Å². The first-order valence-corrected chi connectivity index (χ1v) is 6.61. The molecule has 0 atom stereocenters. The zero-order valence-electron chi connectivity index (χ0n) is 10.5. The Labute approximate surface area is 113 Å². The summed E-state index contributed by atoms with van der Waals surface area (Å²) in [5.74, 6) is 2.12. The Morgan fingerprint density at radius 1 is 1.42 bits per heavy atom. The molecule has 0 radical (unpaired) electrons. The van der Waals surface area contributed by atoms with E-state index in [1.807, 2.05) is 14.1 Å². The highest BCUT2D eigenvalue weighted by Crippen LogP contribution is 2.22. The summed E-state index contributed by atoms with van der Waals surface area (Å²) in [6.45, 7) is 0. The summed E-state index contributed by atoms with van der Waals surface area (Å²) < 4.78 is 1.74. The fraction of sp³-hybridized carbons (Fsp3) is 0.300. The predicted molar refractivity (Wildman–Crippen MR) is 71.8 cm³/mol. The molecule has 98 valence electrons. The minimum atomic E-state index is 0.616. The molecule has 0 fully saturated rings. The van der Waals surface area contributed by atoms with Gasteiger partial charge in [-0.15, -0.1) is 0 Å². The Morgan fingerprint density at radius 2 is 2.32 bits per heavy atom. The molecule has 0 saturated carbocycles. The van der Waals surface area contributed by atoms with Crippen molar-refractivity contribution in [1.82, 2.24) is 34.9 Å². The number of H-pyrrole nitrogens is 1. The highest BCUT2D eigenvalue weighted by atomic mass is 32.2. The third kappa shape index (κ3) is 2.24. The van der Waals surface area contributed by atoms with Gasteiger partial charge >= 0.3 is 0 Å². The Morgan fingerprint density at radius 3 is 3.05 bits per heavy atom. The van der Waals surface area contributed by atoms with Gasteiger partial charge in [-0.3, -0.25) is 9.78 Å². The van der Waals surface area contributed by atoms with Crippen molar-refractivity contribution in [2.45, 2.75) is 10.9 Å². The summed E-state index contributed by atoms with van der Waals surface area (Å²) in [5.41, 5.74) is 0.813. The molecule has 0 aliphatic rings. The Kier molecular flexibility index (Phi) is 3.03. The fourth-order valence-corrected chi connectivity index (χ4v) is 2.35. The Bertz CT molecular complexity index is 689. The molecule has 0 unspecified atom stereocenters. The van der Waals surface area contributed by atoms with Crippen molar-refractivity contribution in [3.8, 4) is 0 Å². The van der Waals surface area contributed by atoms with Crippen LogP contribution in [0.4, 0.5) is 5.82 Å². The number of aromatic nitrogens is 7. The molecule has 3 rings (SSSR count). The molecule has 2 N–H and O–H groups in total. The van der Waals surface area contributed by atoms with Crippen LogP contribution in [0.15, 0.2) is 17.7 Å². The maximum absolute atomic E-state index is 4.51. The van der Waals surface area contributed by atoms with E-state index < -0.39 is 0 Å². The third-order valence-electron chi connectivity index (χ3n) is 2.61. The van der Waals surface area contributed by atoms with E-state index >= 15 is 0 Å². The standard InChI is InChI=1S/C10H12N8S/c1-11-8-6-3-14-18(2)9(6)16-7(15-8)4-19-10-12-5-13-17-10/h3,5H,4H2,1-2H3,(H,11,15,16)(H,12,13,17). The average Bonchev–Trinajstić information content (AvgIpc) is 3.06. The number of hydrogen-bond acceptors (Lipinski definition) is 7. The molecule has 0 bridgehead atoms. The number of fused-ring (bicyclic) bond motifs is 1. The lowest BCUT2D eigenvalue weighted by Gasteiger charge is -2.04. The summed E-state index contributed by atoms with van der Waals surface area (Å²) in [4.78, 5) is 13.0. The van der Waals surface area contributed by atoms with Crippen LogP contribution in [0, 0.1) is 0 Å². The molecule has 0 aliphatic carbocycles. The fourth-order valence-electron chi connectivity index (χ4n) is 1.72. The largest absolute Gasteiger partial charge is 0.372 e. The van der Waals surface area contributed by atoms with Crippen molar-refractivity contribution in [2.24, 2.45) is 7.05 Å². The number of rotatable bonds is 4. The van der Waals surface area contributed by atoms with E-state index in [1.165, 1.54) is 18.1 Å². The number of nitrogens with zero attached hydrogens (tertiary/aromatic N) is 6. The average molecular weight is 276 g/mol. The van der Waals surface area contributed by atoms with Crippen molar-refractivity contribution < 1.29 is 0 Å². The Balaban J connectivity index is 1.92. The van der Waals surface area contributed by atoms with Crippen LogP contribution in [0.25, 0.3) is 11.0 Å². The zero-order valence-corrected chi connectivity index (χ0v) is 11.3. The lowest BCUT2D eigenvalue weighted by atomic mass is 10.4. The van der Waals surface area contributed by atoms with Gasteiger partial charge in [0.2, 0.25) is 0 Å². The van der Waals surface area contributed by atoms with E-state index in [0.29, 0.717) is 5.75 Å². The lowest BCUT2D eigenvalue weighted by molar-refractivity contribution is 0.782. The second kappa shape index (κ2) is 4.84. The van der Waals surface area contributed by atoms with Gasteiger partial charge in [-0.25, -0.2) is 15.0 Å². The van der Waals surface area contributed by atoms with Gasteiger partial charge in [-0.1, -0.05) is 11.8 Å². The van der Waals surface area contributed by atoms with Gasteiger partial charge in [0.15, 0.2) is 10.8 Å². The van der Waals surface area contributed by atoms with Crippen LogP contribution in [0.3, 0.4) is 0 Å². The molecule has 0 spiro atoms. The van der Waals surface area contributed by atoms with Gasteiger partial charge in [-0.2, -0.15) is 10.2 Å². The highest BCUT2D eigenvalue weighted by Gasteiger charge is 2.11. The van der Waals surface area contributed by atoms with Crippen LogP contribution in [0.2, 0.25) is 0 Å². The van der Waals surface area contributed by atoms with Crippen molar-refractivity contribution in [3.05, 3.63) is 18.3 Å². The first-order chi connectivity index (χ1) is 9.28. The molecular weight excluding hydrogens is 264 g/mol. The van der Waals surface area contributed by atoms with E-state index in [9.17, 15) is 0 Å². The molecule has 0 amide bonds. The summed E-state index contributed by atoms with van der Waals surface area (Å²) >= 11 is 1.50. The summed E-state index contributed by atoms with van der Waals surface area (Å²) in [7, 11) is 3.70. The number of nitrogens with one attached hydrogen (secondary N) is 2. The highest BCUT2D eigenvalue weighted by molar-refractivity contribution is 7.98. The van der Waals surface area contributed by atoms with E-state index in [0.717, 1.165) is 27.8 Å². The van der Waals surface area contributed by atoms with Crippen molar-refractivity contribution in [2.75, 3.05) is 12.4 Å². The second-order valence-corrected chi connectivity index (χ2v) is 4.79. The van der Waals surface area contributed by atoms with Gasteiger partial charge in [0.25, 0.3) is 0 Å². The number of anilines is 1. The van der Waals surface area contributed by atoms with Crippen molar-refractivity contribution in [1.29, 1.82) is 0 Å². The number of thioether (sulfide) groups is 1. The van der Waals surface area contributed by atoms with E-state index in [1.54, 1.807) is 10.9 Å². The van der Waals surface area contributed by atoms with Gasteiger partial charge in [-0.05, 0) is 0 Å². The maximum Gasteiger partial charge on any atom is 0.183 e. The normalized spacial score (nSPS) is 11.1. The van der Waals surface area contributed by atoms with Crippen LogP contribution < -0.4 is 5.32 Å². The SMILES string of the molecule is CNc1nc(CSc2ncn[nH]2)nc2c1cnn2C. The minimum Gasteiger partial charge on any atom is -0.372 e. The van der Waals surface area contributed by atoms with Gasteiger partial charge < -0.3 is 5.32 Å². The van der Waals surface area contributed by atoms with Crippen LogP contribution in [-0.4, -0.2) is 42.0 Å². The molecule has 19 heavy (non-hydrogen) atoms. The van der Waals surface area contributed by atoms with E-state index in [-0.39, 0.29) is 0 Å². The van der Waals surface area contributed by atoms with Gasteiger partial charge in [0, 0.05) is 14.1 Å². The van der Waals surface area contributed by atoms with Crippen LogP contribution >= 0.6 is 11.8 Å². The molecule has 9 heteroatoms. The van der Waals surface area contributed by atoms with E-state index in [2.05, 4.69) is 35.6 Å². The number of hydrogen-bond donors (Lipinski definition) is 2. The number of aryl methyl sites for hydroxylation is 1. The molecule has 3 aromatic heterocycles. The summed E-state index contributed by atoms with van der Waals surface area (Å²) in [6, 6.07) is 0. The first-order valence-electron chi connectivity index (χ1n) is 5.62. The smallest absolute Gasteiger partial charge is 0.183 e. The number of aromatic amines is 1. The third-order valence-corrected chi connectivity index (χ3v) is 3.48. The molecular formula is C10H12N8S. The molecule has 3 aromatic rings. The molecule has 0 saturated heterocycles. The maximum atomic E-state index is 4.51. The molecule has 8 nitrogen and oxygen atoms in total. The minimum absolute atomic E-state index is 0.616. The molecule has 0 aliphatic heterocycles. The summed E-state index contributed by atoms with van der Waals surface area (Å²) in [6.07, 6.45) is 3.24. The van der Waals surface area contributed by atoms with Crippen LogP contribution in [0.1, 0.15) is 5.82 Å². The zero-order chi connectivity index (χ0) is 13.2. The first kappa shape index (κ1) is 11.9. The second-order valence-electron chi connectivity index (χ2n) is 3.82. The quantitative estimate of drug-likeness (QED) is 0.681. The summed E-state index contributed by atoms with van der Waals surface area (Å²) in [5, 5.41) is 15.5. The lowest BCUT2D eigenvalue weighted by Crippen LogP contribution is -2.02. The topological polar surface area (TPSA) is 97.2 Å².